The Morgan fingerprint density at radius 1 is 1.16 bits per heavy atom. The van der Waals surface area contributed by atoms with Gasteiger partial charge >= 0.3 is 0 Å². The summed E-state index contributed by atoms with van der Waals surface area (Å²) in [5.41, 5.74) is 1.03. The fourth-order valence-corrected chi connectivity index (χ4v) is 2.94. The highest BCUT2D eigenvalue weighted by atomic mass is 35.5. The fraction of sp³-hybridized carbons (Fsp3) is 0.167. The molecule has 1 heterocycles. The van der Waals surface area contributed by atoms with Crippen molar-refractivity contribution >= 4 is 40.7 Å². The number of aromatic nitrogens is 1. The molecule has 0 atom stereocenters. The SMILES string of the molecule is N#CCSC(SCC#N)=C(C#N)c1ccc(Cl)nc1. The Morgan fingerprint density at radius 2 is 1.79 bits per heavy atom. The lowest BCUT2D eigenvalue weighted by Crippen LogP contribution is -1.88. The monoisotopic (exact) mass is 306 g/mol. The van der Waals surface area contributed by atoms with Crippen LogP contribution in [0.1, 0.15) is 5.56 Å². The van der Waals surface area contributed by atoms with E-state index in [0.717, 1.165) is 0 Å². The van der Waals surface area contributed by atoms with Crippen LogP contribution in [0.25, 0.3) is 5.57 Å². The summed E-state index contributed by atoms with van der Waals surface area (Å²) in [6.45, 7) is 0. The first-order valence-electron chi connectivity index (χ1n) is 4.98. The van der Waals surface area contributed by atoms with Crippen molar-refractivity contribution in [1.29, 1.82) is 15.8 Å². The summed E-state index contributed by atoms with van der Waals surface area (Å²) in [6.07, 6.45) is 1.50. The molecule has 0 spiro atoms. The Hall–Kier alpha value is -1.65. The molecule has 0 aromatic carbocycles. The van der Waals surface area contributed by atoms with Gasteiger partial charge in [0.05, 0.1) is 33.5 Å². The summed E-state index contributed by atoms with van der Waals surface area (Å²) in [4.78, 5) is 3.92. The number of halogens is 1. The molecule has 1 aromatic rings. The zero-order chi connectivity index (χ0) is 14.1. The fourth-order valence-electron chi connectivity index (χ4n) is 1.13. The van der Waals surface area contributed by atoms with Crippen LogP contribution in [-0.4, -0.2) is 16.5 Å². The van der Waals surface area contributed by atoms with Gasteiger partial charge in [0.15, 0.2) is 0 Å². The first-order valence-corrected chi connectivity index (χ1v) is 7.33. The van der Waals surface area contributed by atoms with Crippen LogP contribution in [0.4, 0.5) is 0 Å². The standard InChI is InChI=1S/C12H7ClN4S2/c13-11-2-1-9(8-17-11)10(7-16)12(18-5-3-14)19-6-4-15/h1-2,8H,5-6H2. The van der Waals surface area contributed by atoms with Crippen LogP contribution in [0.15, 0.2) is 22.6 Å². The van der Waals surface area contributed by atoms with Gasteiger partial charge in [0.1, 0.15) is 11.2 Å². The van der Waals surface area contributed by atoms with Gasteiger partial charge in [0.25, 0.3) is 0 Å². The molecule has 7 heteroatoms. The van der Waals surface area contributed by atoms with Crippen LogP contribution in [0.2, 0.25) is 5.15 Å². The van der Waals surface area contributed by atoms with Gasteiger partial charge in [0, 0.05) is 11.8 Å². The Labute approximate surface area is 124 Å². The average Bonchev–Trinajstić information content (AvgIpc) is 2.43. The summed E-state index contributed by atoms with van der Waals surface area (Å²) >= 11 is 8.18. The molecule has 0 fully saturated rings. The molecule has 1 aromatic heterocycles. The smallest absolute Gasteiger partial charge is 0.129 e. The van der Waals surface area contributed by atoms with Crippen molar-refractivity contribution in [3.63, 3.8) is 0 Å². The first-order chi connectivity index (χ1) is 9.22. The van der Waals surface area contributed by atoms with Gasteiger partial charge in [-0.15, -0.1) is 23.5 Å². The molecular weight excluding hydrogens is 300 g/mol. The zero-order valence-corrected chi connectivity index (χ0v) is 12.0. The van der Waals surface area contributed by atoms with Crippen molar-refractivity contribution in [2.45, 2.75) is 0 Å². The Balaban J connectivity index is 3.14. The van der Waals surface area contributed by atoms with Gasteiger partial charge in [-0.2, -0.15) is 15.8 Å². The van der Waals surface area contributed by atoms with E-state index in [-0.39, 0.29) is 11.5 Å². The zero-order valence-electron chi connectivity index (χ0n) is 9.63. The lowest BCUT2D eigenvalue weighted by atomic mass is 10.1. The van der Waals surface area contributed by atoms with E-state index in [1.54, 1.807) is 12.1 Å². The van der Waals surface area contributed by atoms with Gasteiger partial charge in [0.2, 0.25) is 0 Å². The maximum absolute atomic E-state index is 9.26. The average molecular weight is 307 g/mol. The second kappa shape index (κ2) is 8.45. The molecule has 0 N–H and O–H groups in total. The van der Waals surface area contributed by atoms with E-state index < -0.39 is 0 Å². The maximum Gasteiger partial charge on any atom is 0.129 e. The predicted molar refractivity (Wildman–Crippen MR) is 77.9 cm³/mol. The van der Waals surface area contributed by atoms with E-state index in [0.29, 0.717) is 20.5 Å². The molecule has 0 radical (unpaired) electrons. The van der Waals surface area contributed by atoms with Crippen LogP contribution < -0.4 is 0 Å². The van der Waals surface area contributed by atoms with Crippen molar-refractivity contribution < 1.29 is 0 Å². The minimum absolute atomic E-state index is 0.222. The Bertz CT molecular complexity index is 570. The van der Waals surface area contributed by atoms with Crippen LogP contribution in [0.5, 0.6) is 0 Å². The number of thioether (sulfide) groups is 2. The highest BCUT2D eigenvalue weighted by molar-refractivity contribution is 8.22. The Morgan fingerprint density at radius 3 is 2.21 bits per heavy atom. The predicted octanol–water partition coefficient (Wildman–Crippen LogP) is 3.44. The summed E-state index contributed by atoms with van der Waals surface area (Å²) < 4.78 is 0.648. The molecule has 0 saturated heterocycles. The van der Waals surface area contributed by atoms with Gasteiger partial charge in [-0.1, -0.05) is 11.6 Å². The number of allylic oxidation sites excluding steroid dienone is 1. The number of nitrogens with zero attached hydrogens (tertiary/aromatic N) is 4. The molecule has 0 aliphatic carbocycles. The van der Waals surface area contributed by atoms with Crippen molar-refractivity contribution in [3.8, 4) is 18.2 Å². The van der Waals surface area contributed by atoms with Crippen molar-refractivity contribution in [2.24, 2.45) is 0 Å². The van der Waals surface area contributed by atoms with Crippen LogP contribution in [0.3, 0.4) is 0 Å². The number of rotatable bonds is 5. The molecule has 0 aliphatic rings. The molecule has 4 nitrogen and oxygen atoms in total. The lowest BCUT2D eigenvalue weighted by Gasteiger charge is -2.06. The van der Waals surface area contributed by atoms with Crippen LogP contribution in [-0.2, 0) is 0 Å². The van der Waals surface area contributed by atoms with Gasteiger partial charge < -0.3 is 0 Å². The Kier molecular flexibility index (Phi) is 6.85. The lowest BCUT2D eigenvalue weighted by molar-refractivity contribution is 1.31. The van der Waals surface area contributed by atoms with Crippen molar-refractivity contribution in [2.75, 3.05) is 11.5 Å². The summed E-state index contributed by atoms with van der Waals surface area (Å²) in [5.74, 6) is 0.444. The number of pyridine rings is 1. The number of hydrogen-bond donors (Lipinski definition) is 0. The second-order valence-corrected chi connectivity index (χ2v) is 5.65. The minimum atomic E-state index is 0.222. The van der Waals surface area contributed by atoms with Crippen LogP contribution >= 0.6 is 35.1 Å². The molecule has 0 aliphatic heterocycles. The second-order valence-electron chi connectivity index (χ2n) is 3.04. The highest BCUT2D eigenvalue weighted by Gasteiger charge is 2.11. The van der Waals surface area contributed by atoms with Crippen molar-refractivity contribution in [3.05, 3.63) is 33.3 Å². The molecular formula is C12H7ClN4S2. The van der Waals surface area contributed by atoms with Crippen LogP contribution in [0, 0.1) is 34.0 Å². The number of hydrogen-bond acceptors (Lipinski definition) is 6. The summed E-state index contributed by atoms with van der Waals surface area (Å²) in [5, 5.41) is 26.8. The van der Waals surface area contributed by atoms with E-state index in [9.17, 15) is 5.26 Å². The van der Waals surface area contributed by atoms with E-state index in [1.807, 2.05) is 12.1 Å². The summed E-state index contributed by atoms with van der Waals surface area (Å²) in [6, 6.07) is 9.37. The third-order valence-corrected chi connectivity index (χ3v) is 4.28. The molecule has 0 bridgehead atoms. The van der Waals surface area contributed by atoms with E-state index in [1.165, 1.54) is 29.7 Å². The molecule has 0 unspecified atom stereocenters. The quantitative estimate of drug-likeness (QED) is 0.612. The molecule has 19 heavy (non-hydrogen) atoms. The molecule has 0 amide bonds. The van der Waals surface area contributed by atoms with E-state index in [4.69, 9.17) is 22.1 Å². The molecule has 94 valence electrons. The van der Waals surface area contributed by atoms with Gasteiger partial charge in [-0.3, -0.25) is 0 Å². The highest BCUT2D eigenvalue weighted by Crippen LogP contribution is 2.35. The minimum Gasteiger partial charge on any atom is -0.244 e. The first kappa shape index (κ1) is 15.4. The number of nitriles is 3. The normalized spacial score (nSPS) is 8.95. The van der Waals surface area contributed by atoms with E-state index in [2.05, 4.69) is 11.1 Å². The maximum atomic E-state index is 9.26. The third-order valence-electron chi connectivity index (χ3n) is 1.87. The molecule has 0 saturated carbocycles. The largest absolute Gasteiger partial charge is 0.244 e. The van der Waals surface area contributed by atoms with Gasteiger partial charge in [-0.25, -0.2) is 4.98 Å². The van der Waals surface area contributed by atoms with E-state index >= 15 is 0 Å². The summed E-state index contributed by atoms with van der Waals surface area (Å²) in [7, 11) is 0. The van der Waals surface area contributed by atoms with Crippen molar-refractivity contribution in [1.82, 2.24) is 4.98 Å². The third kappa shape index (κ3) is 4.85. The molecule has 1 rings (SSSR count). The van der Waals surface area contributed by atoms with Gasteiger partial charge in [-0.05, 0) is 12.1 Å². The topological polar surface area (TPSA) is 84.3 Å².